The van der Waals surface area contributed by atoms with Gasteiger partial charge in [-0.2, -0.15) is 0 Å². The second kappa shape index (κ2) is 10.4. The highest BCUT2D eigenvalue weighted by Crippen LogP contribution is 2.41. The molecule has 3 rings (SSSR count). The molecule has 1 aromatic carbocycles. The molecule has 2 amide bonds. The molecule has 7 nitrogen and oxygen atoms in total. The second-order valence-electron chi connectivity index (χ2n) is 9.17. The van der Waals surface area contributed by atoms with Crippen molar-refractivity contribution in [2.75, 3.05) is 33.4 Å². The van der Waals surface area contributed by atoms with Crippen molar-refractivity contribution < 1.29 is 18.0 Å². The molecule has 2 saturated heterocycles. The SMILES string of the molecule is CC(C)[C@H]1C(=O)N(S(C)(=O)=O)[C@H]2CCN(C(=O)C=Cc3ccc(CCN(C)C)cc3)[C@H]12.Cl. The molecule has 3 atom stereocenters. The number of fused-ring (bicyclic) bond motifs is 1. The molecule has 0 N–H and O–H groups in total. The van der Waals surface area contributed by atoms with Crippen molar-refractivity contribution in [1.82, 2.24) is 14.1 Å². The lowest BCUT2D eigenvalue weighted by Crippen LogP contribution is -2.43. The van der Waals surface area contributed by atoms with Gasteiger partial charge >= 0.3 is 0 Å². The van der Waals surface area contributed by atoms with E-state index in [-0.39, 0.29) is 30.1 Å². The maximum absolute atomic E-state index is 13.0. The molecule has 2 aliphatic rings. The van der Waals surface area contributed by atoms with E-state index >= 15 is 0 Å². The Hall–Kier alpha value is -1.90. The van der Waals surface area contributed by atoms with Crippen molar-refractivity contribution >= 4 is 40.3 Å². The number of hydrogen-bond acceptors (Lipinski definition) is 5. The molecule has 2 aliphatic heterocycles. The van der Waals surface area contributed by atoms with Crippen LogP contribution in [0.4, 0.5) is 0 Å². The summed E-state index contributed by atoms with van der Waals surface area (Å²) in [6.45, 7) is 5.23. The molecule has 1 aromatic rings. The van der Waals surface area contributed by atoms with Crippen LogP contribution in [0.2, 0.25) is 0 Å². The standard InChI is InChI=1S/C23H33N3O4S.ClH/c1-16(2)21-22-19(26(23(21)28)31(5,29)30)13-15-25(22)20(27)11-10-17-6-8-18(9-7-17)12-14-24(3)4;/h6-11,16,19,21-22H,12-15H2,1-5H3;1H/t19-,21+,22-;/m0./s1. The Morgan fingerprint density at radius 2 is 1.84 bits per heavy atom. The van der Waals surface area contributed by atoms with Crippen molar-refractivity contribution in [2.24, 2.45) is 11.8 Å². The molecular formula is C23H34ClN3O4S. The lowest BCUT2D eigenvalue weighted by Gasteiger charge is -2.28. The maximum atomic E-state index is 13.0. The van der Waals surface area contributed by atoms with Gasteiger partial charge in [-0.15, -0.1) is 12.4 Å². The van der Waals surface area contributed by atoms with Crippen LogP contribution < -0.4 is 0 Å². The minimum absolute atomic E-state index is 0. The number of likely N-dealkylation sites (tertiary alicyclic amines) is 1. The molecule has 0 radical (unpaired) electrons. The van der Waals surface area contributed by atoms with E-state index in [1.807, 2.05) is 40.1 Å². The highest BCUT2D eigenvalue weighted by atomic mass is 35.5. The van der Waals surface area contributed by atoms with Crippen LogP contribution in [-0.2, 0) is 26.0 Å². The molecule has 0 saturated carbocycles. The smallest absolute Gasteiger partial charge is 0.246 e. The normalized spacial score (nSPS) is 23.3. The van der Waals surface area contributed by atoms with Gasteiger partial charge in [-0.05, 0) is 50.1 Å². The van der Waals surface area contributed by atoms with Gasteiger partial charge in [-0.3, -0.25) is 9.59 Å². The Morgan fingerprint density at radius 1 is 1.22 bits per heavy atom. The largest absolute Gasteiger partial charge is 0.333 e. The van der Waals surface area contributed by atoms with Crippen molar-refractivity contribution in [1.29, 1.82) is 0 Å². The van der Waals surface area contributed by atoms with E-state index in [9.17, 15) is 18.0 Å². The first kappa shape index (κ1) is 26.4. The fourth-order valence-electron chi connectivity index (χ4n) is 4.70. The molecule has 0 spiro atoms. The highest BCUT2D eigenvalue weighted by Gasteiger charge is 2.58. The summed E-state index contributed by atoms with van der Waals surface area (Å²) in [4.78, 5) is 29.7. The third kappa shape index (κ3) is 5.53. The zero-order valence-corrected chi connectivity index (χ0v) is 21.0. The van der Waals surface area contributed by atoms with Crippen molar-refractivity contribution in [2.45, 2.75) is 38.8 Å². The first-order valence-electron chi connectivity index (χ1n) is 10.8. The lowest BCUT2D eigenvalue weighted by atomic mass is 9.88. The van der Waals surface area contributed by atoms with E-state index in [4.69, 9.17) is 0 Å². The van der Waals surface area contributed by atoms with Crippen LogP contribution in [0.3, 0.4) is 0 Å². The van der Waals surface area contributed by atoms with E-state index < -0.39 is 28.0 Å². The zero-order valence-electron chi connectivity index (χ0n) is 19.4. The number of carbonyl (C=O) groups is 2. The summed E-state index contributed by atoms with van der Waals surface area (Å²) in [6, 6.07) is 7.23. The van der Waals surface area contributed by atoms with Crippen LogP contribution in [0, 0.1) is 11.8 Å². The number of carbonyl (C=O) groups excluding carboxylic acids is 2. The molecule has 2 heterocycles. The Morgan fingerprint density at radius 3 is 2.38 bits per heavy atom. The molecule has 0 bridgehead atoms. The molecule has 32 heavy (non-hydrogen) atoms. The zero-order chi connectivity index (χ0) is 22.9. The predicted octanol–water partition coefficient (Wildman–Crippen LogP) is 2.27. The molecule has 0 aromatic heterocycles. The number of rotatable bonds is 7. The second-order valence-corrected chi connectivity index (χ2v) is 11.0. The highest BCUT2D eigenvalue weighted by molar-refractivity contribution is 7.88. The number of sulfonamides is 1. The average molecular weight is 484 g/mol. The summed E-state index contributed by atoms with van der Waals surface area (Å²) in [6.07, 6.45) is 5.82. The van der Waals surface area contributed by atoms with E-state index in [2.05, 4.69) is 17.0 Å². The molecular weight excluding hydrogens is 450 g/mol. The van der Waals surface area contributed by atoms with Gasteiger partial charge in [0.05, 0.1) is 24.3 Å². The van der Waals surface area contributed by atoms with Crippen LogP contribution >= 0.6 is 12.4 Å². The van der Waals surface area contributed by atoms with Gasteiger partial charge < -0.3 is 9.80 Å². The quantitative estimate of drug-likeness (QED) is 0.556. The van der Waals surface area contributed by atoms with E-state index in [1.165, 1.54) is 11.6 Å². The Balaban J connectivity index is 0.00000363. The average Bonchev–Trinajstić information content (AvgIpc) is 3.20. The van der Waals surface area contributed by atoms with Gasteiger partial charge in [0, 0.05) is 19.2 Å². The van der Waals surface area contributed by atoms with Crippen molar-refractivity contribution in [3.8, 4) is 0 Å². The molecule has 0 aliphatic carbocycles. The summed E-state index contributed by atoms with van der Waals surface area (Å²) in [5.41, 5.74) is 2.17. The minimum atomic E-state index is -3.67. The van der Waals surface area contributed by atoms with Crippen LogP contribution in [0.1, 0.15) is 31.4 Å². The maximum Gasteiger partial charge on any atom is 0.246 e. The number of hydrogen-bond donors (Lipinski definition) is 0. The van der Waals surface area contributed by atoms with Gasteiger partial charge in [0.2, 0.25) is 21.8 Å². The summed E-state index contributed by atoms with van der Waals surface area (Å²) in [7, 11) is 0.422. The van der Waals surface area contributed by atoms with E-state index in [0.717, 1.165) is 29.1 Å². The van der Waals surface area contributed by atoms with Crippen molar-refractivity contribution in [3.05, 3.63) is 41.5 Å². The van der Waals surface area contributed by atoms with Crippen LogP contribution in [0.15, 0.2) is 30.3 Å². The number of likely N-dealkylation sites (N-methyl/N-ethyl adjacent to an activating group) is 1. The first-order chi connectivity index (χ1) is 14.5. The topological polar surface area (TPSA) is 78.0 Å². The number of benzene rings is 1. The summed E-state index contributed by atoms with van der Waals surface area (Å²) in [5, 5.41) is 0. The van der Waals surface area contributed by atoms with E-state index in [1.54, 1.807) is 11.0 Å². The molecule has 0 unspecified atom stereocenters. The summed E-state index contributed by atoms with van der Waals surface area (Å²) < 4.78 is 25.5. The molecule has 178 valence electrons. The predicted molar refractivity (Wildman–Crippen MR) is 129 cm³/mol. The Labute approximate surface area is 197 Å². The Bertz CT molecular complexity index is 960. The lowest BCUT2D eigenvalue weighted by molar-refractivity contribution is -0.131. The van der Waals surface area contributed by atoms with Gasteiger partial charge in [0.1, 0.15) is 0 Å². The number of halogens is 1. The van der Waals surface area contributed by atoms with Crippen LogP contribution in [-0.4, -0.2) is 79.9 Å². The third-order valence-corrected chi connectivity index (χ3v) is 7.36. The molecule has 9 heteroatoms. The first-order valence-corrected chi connectivity index (χ1v) is 12.6. The molecule has 2 fully saturated rings. The number of amides is 2. The fraction of sp³-hybridized carbons (Fsp3) is 0.565. The monoisotopic (exact) mass is 483 g/mol. The fourth-order valence-corrected chi connectivity index (χ4v) is 5.87. The van der Waals surface area contributed by atoms with Gasteiger partial charge in [-0.1, -0.05) is 38.1 Å². The van der Waals surface area contributed by atoms with E-state index in [0.29, 0.717) is 13.0 Å². The van der Waals surface area contributed by atoms with Gasteiger partial charge in [-0.25, -0.2) is 12.7 Å². The summed E-state index contributed by atoms with van der Waals surface area (Å²) >= 11 is 0. The third-order valence-electron chi connectivity index (χ3n) is 6.20. The van der Waals surface area contributed by atoms with Gasteiger partial charge in [0.25, 0.3) is 0 Å². The van der Waals surface area contributed by atoms with Crippen LogP contribution in [0.25, 0.3) is 6.08 Å². The van der Waals surface area contributed by atoms with Gasteiger partial charge in [0.15, 0.2) is 0 Å². The number of nitrogens with zero attached hydrogens (tertiary/aromatic N) is 3. The van der Waals surface area contributed by atoms with Crippen LogP contribution in [0.5, 0.6) is 0 Å². The Kier molecular flexibility index (Phi) is 8.53. The summed E-state index contributed by atoms with van der Waals surface area (Å²) in [5.74, 6) is -1.13. The minimum Gasteiger partial charge on any atom is -0.333 e. The van der Waals surface area contributed by atoms with Crippen molar-refractivity contribution in [3.63, 3.8) is 0 Å².